The van der Waals surface area contributed by atoms with Gasteiger partial charge in [0.1, 0.15) is 0 Å². The van der Waals surface area contributed by atoms with Gasteiger partial charge in [-0.3, -0.25) is 0 Å². The molecule has 19 heavy (non-hydrogen) atoms. The average molecular weight is 260 g/mol. The van der Waals surface area contributed by atoms with Gasteiger partial charge in [-0.2, -0.15) is 0 Å². The van der Waals surface area contributed by atoms with Gasteiger partial charge in [0.15, 0.2) is 0 Å². The molecule has 2 rings (SSSR count). The normalized spacial score (nSPS) is 19.4. The molecule has 1 N–H and O–H groups in total. The lowest BCUT2D eigenvalue weighted by molar-refractivity contribution is 0.551. The SMILES string of the molecule is CCC1CCCN1c1ccccc1CNCC(C)C. The second-order valence-corrected chi connectivity index (χ2v) is 6.05. The fourth-order valence-corrected chi connectivity index (χ4v) is 3.01. The maximum absolute atomic E-state index is 3.57. The molecular weight excluding hydrogens is 232 g/mol. The largest absolute Gasteiger partial charge is 0.368 e. The molecule has 1 aromatic rings. The van der Waals surface area contributed by atoms with E-state index in [1.165, 1.54) is 37.1 Å². The molecule has 2 nitrogen and oxygen atoms in total. The lowest BCUT2D eigenvalue weighted by Crippen LogP contribution is -2.30. The zero-order valence-corrected chi connectivity index (χ0v) is 12.7. The van der Waals surface area contributed by atoms with Crippen molar-refractivity contribution in [1.82, 2.24) is 5.32 Å². The third-order valence-electron chi connectivity index (χ3n) is 4.02. The minimum atomic E-state index is 0.710. The van der Waals surface area contributed by atoms with Crippen LogP contribution >= 0.6 is 0 Å². The maximum Gasteiger partial charge on any atom is 0.0414 e. The Morgan fingerprint density at radius 1 is 1.32 bits per heavy atom. The summed E-state index contributed by atoms with van der Waals surface area (Å²) in [4.78, 5) is 2.62. The third kappa shape index (κ3) is 3.73. The molecule has 0 bridgehead atoms. The minimum Gasteiger partial charge on any atom is -0.368 e. The van der Waals surface area contributed by atoms with Gasteiger partial charge in [-0.25, -0.2) is 0 Å². The molecular formula is C17H28N2. The van der Waals surface area contributed by atoms with Crippen molar-refractivity contribution in [3.05, 3.63) is 29.8 Å². The average Bonchev–Trinajstić information content (AvgIpc) is 2.87. The van der Waals surface area contributed by atoms with E-state index in [1.54, 1.807) is 0 Å². The van der Waals surface area contributed by atoms with E-state index < -0.39 is 0 Å². The second kappa shape index (κ2) is 6.95. The predicted molar refractivity (Wildman–Crippen MR) is 83.6 cm³/mol. The number of hydrogen-bond acceptors (Lipinski definition) is 2. The van der Waals surface area contributed by atoms with E-state index in [4.69, 9.17) is 0 Å². The van der Waals surface area contributed by atoms with Crippen LogP contribution < -0.4 is 10.2 Å². The van der Waals surface area contributed by atoms with Crippen molar-refractivity contribution < 1.29 is 0 Å². The van der Waals surface area contributed by atoms with Crippen molar-refractivity contribution in [2.75, 3.05) is 18.0 Å². The van der Waals surface area contributed by atoms with Gasteiger partial charge in [-0.1, -0.05) is 39.0 Å². The summed E-state index contributed by atoms with van der Waals surface area (Å²) in [7, 11) is 0. The van der Waals surface area contributed by atoms with Crippen LogP contribution in [0.1, 0.15) is 45.6 Å². The molecule has 0 spiro atoms. The number of nitrogens with zero attached hydrogens (tertiary/aromatic N) is 1. The molecule has 1 aliphatic rings. The lowest BCUT2D eigenvalue weighted by Gasteiger charge is -2.28. The Hall–Kier alpha value is -1.02. The highest BCUT2D eigenvalue weighted by atomic mass is 15.2. The summed E-state index contributed by atoms with van der Waals surface area (Å²) in [5.74, 6) is 0.710. The van der Waals surface area contributed by atoms with Gasteiger partial charge in [0.05, 0.1) is 0 Å². The van der Waals surface area contributed by atoms with Crippen LogP contribution in [0.2, 0.25) is 0 Å². The topological polar surface area (TPSA) is 15.3 Å². The van der Waals surface area contributed by atoms with Crippen LogP contribution in [0.4, 0.5) is 5.69 Å². The van der Waals surface area contributed by atoms with Crippen LogP contribution in [-0.4, -0.2) is 19.1 Å². The Kier molecular flexibility index (Phi) is 5.26. The smallest absolute Gasteiger partial charge is 0.0414 e. The van der Waals surface area contributed by atoms with Crippen molar-refractivity contribution in [1.29, 1.82) is 0 Å². The maximum atomic E-state index is 3.57. The molecule has 1 saturated heterocycles. The van der Waals surface area contributed by atoms with E-state index in [0.29, 0.717) is 5.92 Å². The number of anilines is 1. The first-order valence-corrected chi connectivity index (χ1v) is 7.77. The quantitative estimate of drug-likeness (QED) is 0.836. The Labute approximate surface area is 118 Å². The molecule has 106 valence electrons. The number of rotatable bonds is 6. The summed E-state index contributed by atoms with van der Waals surface area (Å²) in [5.41, 5.74) is 2.90. The minimum absolute atomic E-state index is 0.710. The fourth-order valence-electron chi connectivity index (χ4n) is 3.01. The Balaban J connectivity index is 2.07. The van der Waals surface area contributed by atoms with Crippen molar-refractivity contribution >= 4 is 5.69 Å². The van der Waals surface area contributed by atoms with Gasteiger partial charge in [-0.15, -0.1) is 0 Å². The van der Waals surface area contributed by atoms with Crippen molar-refractivity contribution in [2.45, 2.75) is 52.6 Å². The molecule has 1 unspecified atom stereocenters. The molecule has 1 atom stereocenters. The summed E-state index contributed by atoms with van der Waals surface area (Å²) in [6, 6.07) is 9.64. The van der Waals surface area contributed by atoms with Gasteiger partial charge >= 0.3 is 0 Å². The van der Waals surface area contributed by atoms with Gasteiger partial charge in [0.2, 0.25) is 0 Å². The van der Waals surface area contributed by atoms with Crippen molar-refractivity contribution in [3.63, 3.8) is 0 Å². The summed E-state index contributed by atoms with van der Waals surface area (Å²) in [6.07, 6.45) is 3.95. The van der Waals surface area contributed by atoms with E-state index in [2.05, 4.69) is 55.3 Å². The predicted octanol–water partition coefficient (Wildman–Crippen LogP) is 3.81. The Bertz CT molecular complexity index is 387. The lowest BCUT2D eigenvalue weighted by atomic mass is 10.1. The fraction of sp³-hybridized carbons (Fsp3) is 0.647. The van der Waals surface area contributed by atoms with Gasteiger partial charge < -0.3 is 10.2 Å². The first-order valence-electron chi connectivity index (χ1n) is 7.77. The van der Waals surface area contributed by atoms with Crippen LogP contribution in [0.25, 0.3) is 0 Å². The van der Waals surface area contributed by atoms with Crippen molar-refractivity contribution in [2.24, 2.45) is 5.92 Å². The molecule has 0 aromatic heterocycles. The zero-order chi connectivity index (χ0) is 13.7. The Morgan fingerprint density at radius 2 is 2.11 bits per heavy atom. The van der Waals surface area contributed by atoms with E-state index in [9.17, 15) is 0 Å². The molecule has 1 aliphatic heterocycles. The van der Waals surface area contributed by atoms with Crippen LogP contribution in [0, 0.1) is 5.92 Å². The van der Waals surface area contributed by atoms with Crippen LogP contribution in [-0.2, 0) is 6.54 Å². The summed E-state index contributed by atoms with van der Waals surface area (Å²) in [5, 5.41) is 3.57. The number of hydrogen-bond donors (Lipinski definition) is 1. The zero-order valence-electron chi connectivity index (χ0n) is 12.7. The number of benzene rings is 1. The van der Waals surface area contributed by atoms with Crippen LogP contribution in [0.3, 0.4) is 0 Å². The van der Waals surface area contributed by atoms with E-state index >= 15 is 0 Å². The first-order chi connectivity index (χ1) is 9.22. The highest BCUT2D eigenvalue weighted by Gasteiger charge is 2.24. The van der Waals surface area contributed by atoms with Crippen LogP contribution in [0.15, 0.2) is 24.3 Å². The third-order valence-corrected chi connectivity index (χ3v) is 4.02. The van der Waals surface area contributed by atoms with E-state index in [1.807, 2.05) is 0 Å². The van der Waals surface area contributed by atoms with Gasteiger partial charge in [0.25, 0.3) is 0 Å². The summed E-state index contributed by atoms with van der Waals surface area (Å²) >= 11 is 0. The molecule has 2 heteroatoms. The van der Waals surface area contributed by atoms with Crippen LogP contribution in [0.5, 0.6) is 0 Å². The Morgan fingerprint density at radius 3 is 2.84 bits per heavy atom. The van der Waals surface area contributed by atoms with Crippen molar-refractivity contribution in [3.8, 4) is 0 Å². The summed E-state index contributed by atoms with van der Waals surface area (Å²) < 4.78 is 0. The molecule has 1 heterocycles. The number of para-hydroxylation sites is 1. The van der Waals surface area contributed by atoms with E-state index in [-0.39, 0.29) is 0 Å². The highest BCUT2D eigenvalue weighted by Crippen LogP contribution is 2.29. The molecule has 0 amide bonds. The molecule has 1 aromatic carbocycles. The standard InChI is InChI=1S/C17H28N2/c1-4-16-9-7-11-19(16)17-10-6-5-8-15(17)13-18-12-14(2)3/h5-6,8,10,14,16,18H,4,7,9,11-13H2,1-3H3. The van der Waals surface area contributed by atoms with Gasteiger partial charge in [0, 0.05) is 24.8 Å². The van der Waals surface area contributed by atoms with E-state index in [0.717, 1.165) is 19.1 Å². The first kappa shape index (κ1) is 14.4. The molecule has 0 aliphatic carbocycles. The second-order valence-electron chi connectivity index (χ2n) is 6.05. The molecule has 1 fully saturated rings. The molecule has 0 radical (unpaired) electrons. The monoisotopic (exact) mass is 260 g/mol. The summed E-state index contributed by atoms with van der Waals surface area (Å²) in [6.45, 7) is 10.1. The van der Waals surface area contributed by atoms with Gasteiger partial charge in [-0.05, 0) is 43.4 Å². The highest BCUT2D eigenvalue weighted by molar-refractivity contribution is 5.55. The molecule has 0 saturated carbocycles. The number of nitrogens with one attached hydrogen (secondary N) is 1.